The molecule has 4 aromatic rings. The van der Waals surface area contributed by atoms with Gasteiger partial charge in [0.15, 0.2) is 23.1 Å². The summed E-state index contributed by atoms with van der Waals surface area (Å²) in [5, 5.41) is 8.52. The molecule has 0 N–H and O–H groups in total. The SMILES string of the molecule is O=C1c2ccccc2C(=O)c2c(N=Nc3cccc4c3C(=O)c3ccccc3C4=O)cccc21. The molecule has 0 amide bonds. The highest BCUT2D eigenvalue weighted by Gasteiger charge is 2.33. The number of hydrogen-bond donors (Lipinski definition) is 0. The number of hydrogen-bond acceptors (Lipinski definition) is 6. The van der Waals surface area contributed by atoms with Crippen molar-refractivity contribution in [2.24, 2.45) is 10.2 Å². The van der Waals surface area contributed by atoms with E-state index in [1.807, 2.05) is 0 Å². The Morgan fingerprint density at radius 1 is 0.353 bits per heavy atom. The third kappa shape index (κ3) is 2.75. The lowest BCUT2D eigenvalue weighted by molar-refractivity contribution is 0.0979. The molecule has 34 heavy (non-hydrogen) atoms. The van der Waals surface area contributed by atoms with E-state index in [4.69, 9.17) is 0 Å². The van der Waals surface area contributed by atoms with Gasteiger partial charge >= 0.3 is 0 Å². The summed E-state index contributed by atoms with van der Waals surface area (Å²) >= 11 is 0. The van der Waals surface area contributed by atoms with Gasteiger partial charge in [-0.3, -0.25) is 19.2 Å². The molecule has 0 aliphatic heterocycles. The second-order valence-corrected chi connectivity index (χ2v) is 8.01. The van der Waals surface area contributed by atoms with Crippen LogP contribution in [0.2, 0.25) is 0 Å². The van der Waals surface area contributed by atoms with E-state index in [0.717, 1.165) is 0 Å². The molecule has 2 aliphatic rings. The van der Waals surface area contributed by atoms with Gasteiger partial charge in [-0.05, 0) is 12.1 Å². The first-order valence-electron chi connectivity index (χ1n) is 10.6. The van der Waals surface area contributed by atoms with Crippen LogP contribution >= 0.6 is 0 Å². The molecular formula is C28H14N2O4. The lowest BCUT2D eigenvalue weighted by atomic mass is 9.83. The molecule has 0 saturated carbocycles. The zero-order valence-corrected chi connectivity index (χ0v) is 17.6. The van der Waals surface area contributed by atoms with E-state index in [1.165, 1.54) is 0 Å². The van der Waals surface area contributed by atoms with Gasteiger partial charge in [0, 0.05) is 33.4 Å². The quantitative estimate of drug-likeness (QED) is 0.324. The predicted octanol–water partition coefficient (Wildman–Crippen LogP) is 5.65. The molecule has 0 radical (unpaired) electrons. The van der Waals surface area contributed by atoms with Crippen LogP contribution in [-0.2, 0) is 0 Å². The van der Waals surface area contributed by atoms with E-state index < -0.39 is 0 Å². The van der Waals surface area contributed by atoms with Gasteiger partial charge < -0.3 is 0 Å². The van der Waals surface area contributed by atoms with Crippen LogP contribution in [0.15, 0.2) is 95.2 Å². The summed E-state index contributed by atoms with van der Waals surface area (Å²) in [4.78, 5) is 52.3. The lowest BCUT2D eigenvalue weighted by Crippen LogP contribution is -2.21. The Hall–Kier alpha value is -4.84. The molecule has 0 heterocycles. The monoisotopic (exact) mass is 442 g/mol. The van der Waals surface area contributed by atoms with E-state index in [-0.39, 0.29) is 56.8 Å². The molecule has 0 atom stereocenters. The molecule has 6 nitrogen and oxygen atoms in total. The van der Waals surface area contributed by atoms with Crippen LogP contribution < -0.4 is 0 Å². The van der Waals surface area contributed by atoms with Crippen LogP contribution in [0.3, 0.4) is 0 Å². The molecule has 6 rings (SSSR count). The van der Waals surface area contributed by atoms with Crippen molar-refractivity contribution >= 4 is 34.5 Å². The number of benzene rings is 4. The normalized spacial score (nSPS) is 14.0. The van der Waals surface area contributed by atoms with Crippen molar-refractivity contribution < 1.29 is 19.2 Å². The van der Waals surface area contributed by atoms with Crippen LogP contribution in [0.4, 0.5) is 11.4 Å². The molecule has 0 unspecified atom stereocenters. The summed E-state index contributed by atoms with van der Waals surface area (Å²) in [7, 11) is 0. The second-order valence-electron chi connectivity index (χ2n) is 8.01. The van der Waals surface area contributed by atoms with Crippen LogP contribution in [-0.4, -0.2) is 23.1 Å². The van der Waals surface area contributed by atoms with Crippen molar-refractivity contribution in [3.8, 4) is 0 Å². The first kappa shape index (κ1) is 19.8. The van der Waals surface area contributed by atoms with Gasteiger partial charge in [0.25, 0.3) is 0 Å². The molecule has 0 fully saturated rings. The van der Waals surface area contributed by atoms with Crippen molar-refractivity contribution in [3.63, 3.8) is 0 Å². The first-order chi connectivity index (χ1) is 16.6. The van der Waals surface area contributed by atoms with E-state index in [9.17, 15) is 19.2 Å². The van der Waals surface area contributed by atoms with E-state index in [1.54, 1.807) is 84.9 Å². The predicted molar refractivity (Wildman–Crippen MR) is 124 cm³/mol. The fourth-order valence-electron chi connectivity index (χ4n) is 4.53. The largest absolute Gasteiger partial charge is 0.289 e. The number of ketones is 4. The summed E-state index contributed by atoms with van der Waals surface area (Å²) in [6.07, 6.45) is 0. The second kappa shape index (κ2) is 7.35. The van der Waals surface area contributed by atoms with Crippen molar-refractivity contribution in [3.05, 3.63) is 129 Å². The maximum atomic E-state index is 13.2. The molecule has 0 bridgehead atoms. The number of rotatable bonds is 2. The third-order valence-electron chi connectivity index (χ3n) is 6.13. The summed E-state index contributed by atoms with van der Waals surface area (Å²) in [6, 6.07) is 23.0. The van der Waals surface area contributed by atoms with Gasteiger partial charge in [0.2, 0.25) is 0 Å². The third-order valence-corrected chi connectivity index (χ3v) is 6.13. The van der Waals surface area contributed by atoms with E-state index >= 15 is 0 Å². The number of nitrogens with zero attached hydrogens (tertiary/aromatic N) is 2. The lowest BCUT2D eigenvalue weighted by Gasteiger charge is -2.19. The standard InChI is InChI=1S/C28H14N2O4/c31-25-15-7-1-3-9-17(15)27(33)23-19(25)11-5-13-21(23)29-30-22-14-6-12-20-24(22)28(34)18-10-4-2-8-16(18)26(20)32/h1-14H. The Labute approximate surface area is 193 Å². The average molecular weight is 442 g/mol. The van der Waals surface area contributed by atoms with Crippen LogP contribution in [0.1, 0.15) is 63.7 Å². The smallest absolute Gasteiger partial charge is 0.196 e. The van der Waals surface area contributed by atoms with E-state index in [0.29, 0.717) is 22.3 Å². The Bertz CT molecular complexity index is 1510. The van der Waals surface area contributed by atoms with Gasteiger partial charge in [-0.2, -0.15) is 0 Å². The van der Waals surface area contributed by atoms with Crippen molar-refractivity contribution in [1.82, 2.24) is 0 Å². The number of fused-ring (bicyclic) bond motifs is 4. The zero-order valence-electron chi connectivity index (χ0n) is 17.6. The average Bonchev–Trinajstić information content (AvgIpc) is 2.88. The number of azo groups is 1. The molecule has 4 aromatic carbocycles. The minimum atomic E-state index is -0.310. The van der Waals surface area contributed by atoms with Crippen LogP contribution in [0.25, 0.3) is 0 Å². The van der Waals surface area contributed by atoms with Crippen molar-refractivity contribution in [2.45, 2.75) is 0 Å². The maximum absolute atomic E-state index is 13.2. The molecule has 0 spiro atoms. The fourth-order valence-corrected chi connectivity index (χ4v) is 4.53. The van der Waals surface area contributed by atoms with Gasteiger partial charge in [0.05, 0.1) is 22.5 Å². The molecule has 2 aliphatic carbocycles. The van der Waals surface area contributed by atoms with E-state index in [2.05, 4.69) is 10.2 Å². The molecular weight excluding hydrogens is 428 g/mol. The van der Waals surface area contributed by atoms with Gasteiger partial charge in [-0.15, -0.1) is 10.2 Å². The summed E-state index contributed by atoms with van der Waals surface area (Å²) < 4.78 is 0. The fraction of sp³-hybridized carbons (Fsp3) is 0. The van der Waals surface area contributed by atoms with Gasteiger partial charge in [-0.25, -0.2) is 0 Å². The molecule has 160 valence electrons. The minimum Gasteiger partial charge on any atom is -0.289 e. The summed E-state index contributed by atoms with van der Waals surface area (Å²) in [5.41, 5.74) is 2.65. The van der Waals surface area contributed by atoms with Crippen molar-refractivity contribution in [2.75, 3.05) is 0 Å². The Morgan fingerprint density at radius 2 is 0.676 bits per heavy atom. The summed E-state index contributed by atoms with van der Waals surface area (Å²) in [5.74, 6) is -1.13. The highest BCUT2D eigenvalue weighted by Crippen LogP contribution is 2.37. The maximum Gasteiger partial charge on any atom is 0.196 e. The molecule has 0 aromatic heterocycles. The first-order valence-corrected chi connectivity index (χ1v) is 10.6. The molecule has 0 saturated heterocycles. The van der Waals surface area contributed by atoms with Crippen molar-refractivity contribution in [1.29, 1.82) is 0 Å². The number of carbonyl (C=O) groups is 4. The topological polar surface area (TPSA) is 93.0 Å². The number of carbonyl (C=O) groups excluding carboxylic acids is 4. The van der Waals surface area contributed by atoms with Crippen LogP contribution in [0, 0.1) is 0 Å². The Kier molecular flexibility index (Phi) is 4.28. The summed E-state index contributed by atoms with van der Waals surface area (Å²) in [6.45, 7) is 0. The highest BCUT2D eigenvalue weighted by atomic mass is 16.1. The van der Waals surface area contributed by atoms with Gasteiger partial charge in [-0.1, -0.05) is 72.8 Å². The Balaban J connectivity index is 1.47. The molecule has 6 heteroatoms. The van der Waals surface area contributed by atoms with Crippen LogP contribution in [0.5, 0.6) is 0 Å². The Morgan fingerprint density at radius 3 is 1.06 bits per heavy atom. The highest BCUT2D eigenvalue weighted by molar-refractivity contribution is 6.31. The van der Waals surface area contributed by atoms with Gasteiger partial charge in [0.1, 0.15) is 0 Å². The minimum absolute atomic E-state index is 0.174. The zero-order chi connectivity index (χ0) is 23.4.